The Morgan fingerprint density at radius 3 is 2.69 bits per heavy atom. The molecular formula is C15H10BrF2N3O3S2. The molecule has 11 heteroatoms. The molecule has 0 saturated carbocycles. The van der Waals surface area contributed by atoms with E-state index in [1.54, 1.807) is 17.5 Å². The maximum absolute atomic E-state index is 13.5. The highest BCUT2D eigenvalue weighted by molar-refractivity contribution is 9.10. The minimum Gasteiger partial charge on any atom is -0.321 e. The van der Waals surface area contributed by atoms with Crippen molar-refractivity contribution in [2.75, 3.05) is 12.4 Å². The summed E-state index contributed by atoms with van der Waals surface area (Å²) >= 11 is 4.11. The van der Waals surface area contributed by atoms with Crippen LogP contribution in [-0.4, -0.2) is 31.4 Å². The molecule has 0 aliphatic carbocycles. The van der Waals surface area contributed by atoms with Crippen molar-refractivity contribution in [3.8, 4) is 0 Å². The molecule has 26 heavy (non-hydrogen) atoms. The van der Waals surface area contributed by atoms with Crippen LogP contribution in [0.5, 0.6) is 0 Å². The molecule has 1 N–H and O–H groups in total. The van der Waals surface area contributed by atoms with E-state index in [9.17, 15) is 22.0 Å². The van der Waals surface area contributed by atoms with E-state index in [2.05, 4.69) is 25.6 Å². The van der Waals surface area contributed by atoms with Gasteiger partial charge in [0.15, 0.2) is 11.6 Å². The highest BCUT2D eigenvalue weighted by Crippen LogP contribution is 2.26. The third kappa shape index (κ3) is 3.55. The second-order valence-corrected chi connectivity index (χ2v) is 8.56. The Morgan fingerprint density at radius 1 is 1.35 bits per heavy atom. The fourth-order valence-corrected chi connectivity index (χ4v) is 4.21. The molecule has 3 rings (SSSR count). The standard InChI is InChI=1S/C15H10BrF2N3O3S2/c1-21-12(7-11(20-26(21,23)24)13-3-2-4-25-13)15(22)19-8-5-9(16)14(18)10(17)6-8/h2-7H,1H3,(H,19,22). The number of halogens is 3. The lowest BCUT2D eigenvalue weighted by molar-refractivity contribution is -0.113. The van der Waals surface area contributed by atoms with Gasteiger partial charge in [-0.2, -0.15) is 8.42 Å². The van der Waals surface area contributed by atoms with Crippen LogP contribution in [0.2, 0.25) is 0 Å². The van der Waals surface area contributed by atoms with Crippen LogP contribution in [0, 0.1) is 11.6 Å². The number of rotatable bonds is 3. The molecule has 1 aromatic carbocycles. The van der Waals surface area contributed by atoms with E-state index in [0.29, 0.717) is 9.18 Å². The largest absolute Gasteiger partial charge is 0.345 e. The van der Waals surface area contributed by atoms with Crippen molar-refractivity contribution in [2.45, 2.75) is 0 Å². The predicted molar refractivity (Wildman–Crippen MR) is 98.3 cm³/mol. The van der Waals surface area contributed by atoms with Gasteiger partial charge in [-0.15, -0.1) is 15.7 Å². The molecule has 6 nitrogen and oxygen atoms in total. The van der Waals surface area contributed by atoms with Crippen molar-refractivity contribution < 1.29 is 22.0 Å². The Hall–Kier alpha value is -2.11. The molecule has 136 valence electrons. The molecule has 0 fully saturated rings. The first-order chi connectivity index (χ1) is 12.2. The van der Waals surface area contributed by atoms with Gasteiger partial charge in [-0.3, -0.25) is 4.79 Å². The zero-order chi connectivity index (χ0) is 19.1. The van der Waals surface area contributed by atoms with E-state index in [0.717, 1.165) is 6.07 Å². The van der Waals surface area contributed by atoms with Crippen molar-refractivity contribution in [3.05, 3.63) is 62.4 Å². The van der Waals surface area contributed by atoms with Crippen LogP contribution in [0.25, 0.3) is 0 Å². The van der Waals surface area contributed by atoms with E-state index in [1.165, 1.54) is 30.5 Å². The normalized spacial score (nSPS) is 16.1. The average molecular weight is 462 g/mol. The molecule has 0 bridgehead atoms. The first-order valence-electron chi connectivity index (χ1n) is 6.99. The van der Waals surface area contributed by atoms with Crippen LogP contribution in [0.3, 0.4) is 0 Å². The zero-order valence-corrected chi connectivity index (χ0v) is 16.3. The zero-order valence-electron chi connectivity index (χ0n) is 13.0. The van der Waals surface area contributed by atoms with Crippen LogP contribution in [0.1, 0.15) is 4.88 Å². The molecule has 2 heterocycles. The van der Waals surface area contributed by atoms with Gasteiger partial charge in [0.05, 0.1) is 15.1 Å². The molecule has 0 unspecified atom stereocenters. The number of amides is 1. The number of nitrogens with zero attached hydrogens (tertiary/aromatic N) is 2. The topological polar surface area (TPSA) is 78.8 Å². The summed E-state index contributed by atoms with van der Waals surface area (Å²) in [6.45, 7) is 0. The van der Waals surface area contributed by atoms with Gasteiger partial charge in [0.1, 0.15) is 5.70 Å². The quantitative estimate of drug-likeness (QED) is 0.712. The second-order valence-electron chi connectivity index (χ2n) is 5.14. The van der Waals surface area contributed by atoms with Gasteiger partial charge >= 0.3 is 10.2 Å². The second kappa shape index (κ2) is 6.89. The van der Waals surface area contributed by atoms with Crippen molar-refractivity contribution in [1.29, 1.82) is 0 Å². The molecule has 1 amide bonds. The van der Waals surface area contributed by atoms with Crippen molar-refractivity contribution in [3.63, 3.8) is 0 Å². The van der Waals surface area contributed by atoms with E-state index >= 15 is 0 Å². The average Bonchev–Trinajstić information content (AvgIpc) is 3.09. The van der Waals surface area contributed by atoms with Crippen LogP contribution >= 0.6 is 27.3 Å². The lowest BCUT2D eigenvalue weighted by Gasteiger charge is -2.23. The van der Waals surface area contributed by atoms with E-state index in [1.807, 2.05) is 0 Å². The summed E-state index contributed by atoms with van der Waals surface area (Å²) in [5, 5.41) is 4.10. The first kappa shape index (κ1) is 18.7. The molecule has 2 aromatic rings. The summed E-state index contributed by atoms with van der Waals surface area (Å²) in [6, 6.07) is 5.36. The Labute approximate surface area is 160 Å². The molecule has 1 aliphatic rings. The Balaban J connectivity index is 1.96. The highest BCUT2D eigenvalue weighted by atomic mass is 79.9. The molecule has 0 spiro atoms. The maximum Gasteiger partial charge on any atom is 0.345 e. The summed E-state index contributed by atoms with van der Waals surface area (Å²) < 4.78 is 55.4. The van der Waals surface area contributed by atoms with Crippen molar-refractivity contribution in [2.24, 2.45) is 4.40 Å². The number of anilines is 1. The number of hydrogen-bond donors (Lipinski definition) is 1. The van der Waals surface area contributed by atoms with E-state index < -0.39 is 27.8 Å². The van der Waals surface area contributed by atoms with Crippen LogP contribution in [0.15, 0.2) is 50.3 Å². The fraction of sp³-hybridized carbons (Fsp3) is 0.0667. The summed E-state index contributed by atoms with van der Waals surface area (Å²) in [4.78, 5) is 13.1. The fourth-order valence-electron chi connectivity index (χ4n) is 2.13. The molecule has 1 aromatic heterocycles. The van der Waals surface area contributed by atoms with Gasteiger partial charge < -0.3 is 5.32 Å². The molecular weight excluding hydrogens is 452 g/mol. The minimum atomic E-state index is -4.09. The third-order valence-electron chi connectivity index (χ3n) is 3.42. The number of benzene rings is 1. The first-order valence-corrected chi connectivity index (χ1v) is 10.1. The number of nitrogens with one attached hydrogen (secondary N) is 1. The summed E-state index contributed by atoms with van der Waals surface area (Å²) in [7, 11) is -2.91. The SMILES string of the molecule is CN1C(C(=O)Nc2cc(F)c(F)c(Br)c2)=CC(c2cccs2)=NS1(=O)=O. The minimum absolute atomic E-state index is 0.0346. The smallest absolute Gasteiger partial charge is 0.321 e. The molecule has 0 atom stereocenters. The number of allylic oxidation sites excluding steroid dienone is 1. The summed E-state index contributed by atoms with van der Waals surface area (Å²) in [5.74, 6) is -3.06. The van der Waals surface area contributed by atoms with Gasteiger partial charge in [0, 0.05) is 18.8 Å². The Bertz CT molecular complexity index is 1030. The Kier molecular flexibility index (Phi) is 4.95. The molecule has 1 aliphatic heterocycles. The van der Waals surface area contributed by atoms with E-state index in [-0.39, 0.29) is 21.6 Å². The number of likely N-dealkylation sites (N-methyl/N-ethyl adjacent to an activating group) is 1. The summed E-state index contributed by atoms with van der Waals surface area (Å²) in [6.07, 6.45) is 1.32. The Morgan fingerprint density at radius 2 is 2.08 bits per heavy atom. The van der Waals surface area contributed by atoms with Gasteiger partial charge in [-0.1, -0.05) is 6.07 Å². The number of hydrogen-bond acceptors (Lipinski definition) is 4. The predicted octanol–water partition coefficient (Wildman–Crippen LogP) is 3.29. The summed E-state index contributed by atoms with van der Waals surface area (Å²) in [5.41, 5.74) is -0.119. The van der Waals surface area contributed by atoms with Crippen LogP contribution in [-0.2, 0) is 15.0 Å². The lowest BCUT2D eigenvalue weighted by Crippen LogP contribution is -2.35. The van der Waals surface area contributed by atoms with Crippen molar-refractivity contribution >= 4 is 54.8 Å². The van der Waals surface area contributed by atoms with Gasteiger partial charge in [-0.05, 0) is 39.5 Å². The van der Waals surface area contributed by atoms with Gasteiger partial charge in [0.25, 0.3) is 5.91 Å². The third-order valence-corrected chi connectivity index (χ3v) is 6.21. The highest BCUT2D eigenvalue weighted by Gasteiger charge is 2.30. The number of thiophene rings is 1. The van der Waals surface area contributed by atoms with Gasteiger partial charge in [0.2, 0.25) is 0 Å². The van der Waals surface area contributed by atoms with Crippen molar-refractivity contribution in [1.82, 2.24) is 4.31 Å². The number of carbonyl (C=O) groups excluding carboxylic acids is 1. The number of carbonyl (C=O) groups is 1. The van der Waals surface area contributed by atoms with Crippen LogP contribution in [0.4, 0.5) is 14.5 Å². The molecule has 0 radical (unpaired) electrons. The van der Waals surface area contributed by atoms with Crippen LogP contribution < -0.4 is 5.32 Å². The van der Waals surface area contributed by atoms with Gasteiger partial charge in [-0.25, -0.2) is 13.1 Å². The monoisotopic (exact) mass is 461 g/mol. The van der Waals surface area contributed by atoms with E-state index in [4.69, 9.17) is 0 Å². The molecule has 0 saturated heterocycles. The maximum atomic E-state index is 13.5. The lowest BCUT2D eigenvalue weighted by atomic mass is 10.2.